The van der Waals surface area contributed by atoms with Gasteiger partial charge in [0.05, 0.1) is 17.6 Å². The number of aromatic nitrogens is 3. The van der Waals surface area contributed by atoms with Crippen molar-refractivity contribution in [1.82, 2.24) is 14.8 Å². The first-order chi connectivity index (χ1) is 10.3. The van der Waals surface area contributed by atoms with Gasteiger partial charge in [0.1, 0.15) is 5.69 Å². The lowest BCUT2D eigenvalue weighted by Gasteiger charge is -2.02. The summed E-state index contributed by atoms with van der Waals surface area (Å²) in [5, 5.41) is 12.7. The molecule has 0 atom stereocenters. The van der Waals surface area contributed by atoms with E-state index in [-0.39, 0.29) is 0 Å². The van der Waals surface area contributed by atoms with Crippen LogP contribution in [-0.4, -0.2) is 14.8 Å². The number of anilines is 1. The topological polar surface area (TPSA) is 81.5 Å². The highest BCUT2D eigenvalue weighted by molar-refractivity contribution is 5.63. The first-order valence-electron chi connectivity index (χ1n) is 6.48. The minimum atomic E-state index is 0.464. The molecule has 6 nitrogen and oxygen atoms in total. The number of para-hydroxylation sites is 1. The van der Waals surface area contributed by atoms with Gasteiger partial charge in [0.15, 0.2) is 11.5 Å². The van der Waals surface area contributed by atoms with Gasteiger partial charge < -0.3 is 5.73 Å². The molecule has 2 N–H and O–H groups in total. The molecule has 0 amide bonds. The van der Waals surface area contributed by atoms with Crippen LogP contribution >= 0.6 is 0 Å². The summed E-state index contributed by atoms with van der Waals surface area (Å²) in [6.45, 7) is 1.85. The number of nitrogens with two attached hydrogens (primary N) is 1. The summed E-state index contributed by atoms with van der Waals surface area (Å²) in [6.07, 6.45) is 3.32. The maximum Gasteiger partial charge on any atom is 0.155 e. The number of rotatable bonds is 3. The van der Waals surface area contributed by atoms with Crippen LogP contribution in [0.4, 0.5) is 17.2 Å². The number of nitrogen functional groups attached to an aromatic ring is 1. The monoisotopic (exact) mass is 278 g/mol. The van der Waals surface area contributed by atoms with Crippen molar-refractivity contribution in [1.29, 1.82) is 0 Å². The molecule has 2 aromatic heterocycles. The Hall–Kier alpha value is -3.02. The van der Waals surface area contributed by atoms with Crippen LogP contribution in [0.25, 0.3) is 5.69 Å². The van der Waals surface area contributed by atoms with E-state index in [0.29, 0.717) is 17.2 Å². The highest BCUT2D eigenvalue weighted by atomic mass is 15.3. The van der Waals surface area contributed by atoms with Gasteiger partial charge >= 0.3 is 0 Å². The Balaban J connectivity index is 1.98. The Labute approximate surface area is 122 Å². The van der Waals surface area contributed by atoms with Crippen molar-refractivity contribution in [3.63, 3.8) is 0 Å². The molecular weight excluding hydrogens is 264 g/mol. The minimum absolute atomic E-state index is 0.464. The van der Waals surface area contributed by atoms with Crippen LogP contribution < -0.4 is 5.73 Å². The van der Waals surface area contributed by atoms with Crippen molar-refractivity contribution in [2.24, 2.45) is 10.2 Å². The Morgan fingerprint density at radius 1 is 1.05 bits per heavy atom. The summed E-state index contributed by atoms with van der Waals surface area (Å²) < 4.78 is 1.66. The maximum absolute atomic E-state index is 6.13. The molecule has 2 heterocycles. The molecule has 3 aromatic rings. The molecule has 0 aliphatic carbocycles. The molecule has 0 aliphatic rings. The lowest BCUT2D eigenvalue weighted by Crippen LogP contribution is -2.01. The second kappa shape index (κ2) is 5.54. The average Bonchev–Trinajstić information content (AvgIpc) is 2.82. The number of aryl methyl sites for hydroxylation is 1. The molecule has 0 radical (unpaired) electrons. The Bertz CT molecular complexity index is 762. The van der Waals surface area contributed by atoms with Gasteiger partial charge in [-0.3, -0.25) is 4.98 Å². The fourth-order valence-corrected chi connectivity index (χ4v) is 1.95. The van der Waals surface area contributed by atoms with Gasteiger partial charge in [0, 0.05) is 6.20 Å². The van der Waals surface area contributed by atoms with Crippen molar-refractivity contribution in [2.45, 2.75) is 6.92 Å². The molecule has 6 heteroatoms. The first kappa shape index (κ1) is 13.0. The van der Waals surface area contributed by atoms with Gasteiger partial charge in [0.2, 0.25) is 0 Å². The van der Waals surface area contributed by atoms with Crippen molar-refractivity contribution >= 4 is 17.2 Å². The van der Waals surface area contributed by atoms with Gasteiger partial charge in [-0.05, 0) is 31.2 Å². The molecule has 1 aromatic carbocycles. The number of hydrogen-bond donors (Lipinski definition) is 1. The van der Waals surface area contributed by atoms with Crippen molar-refractivity contribution in [2.75, 3.05) is 5.73 Å². The molecule has 104 valence electrons. The molecule has 0 fully saturated rings. The van der Waals surface area contributed by atoms with E-state index in [1.807, 2.05) is 43.3 Å². The van der Waals surface area contributed by atoms with E-state index >= 15 is 0 Å². The number of pyridine rings is 1. The van der Waals surface area contributed by atoms with Gasteiger partial charge in [-0.15, -0.1) is 10.2 Å². The third-order valence-electron chi connectivity index (χ3n) is 2.98. The molecular formula is C15H14N6. The molecule has 0 unspecified atom stereocenters. The second-order valence-corrected chi connectivity index (χ2v) is 4.48. The first-order valence-corrected chi connectivity index (χ1v) is 6.48. The van der Waals surface area contributed by atoms with Crippen LogP contribution in [0.2, 0.25) is 0 Å². The van der Waals surface area contributed by atoms with Crippen LogP contribution in [0, 0.1) is 6.92 Å². The quantitative estimate of drug-likeness (QED) is 0.743. The van der Waals surface area contributed by atoms with E-state index in [1.54, 1.807) is 23.1 Å². The van der Waals surface area contributed by atoms with E-state index in [2.05, 4.69) is 20.3 Å². The third kappa shape index (κ3) is 2.64. The summed E-state index contributed by atoms with van der Waals surface area (Å²) in [5.41, 5.74) is 8.99. The summed E-state index contributed by atoms with van der Waals surface area (Å²) in [4.78, 5) is 3.99. The van der Waals surface area contributed by atoms with E-state index in [9.17, 15) is 0 Å². The molecule has 3 rings (SSSR count). The predicted molar refractivity (Wildman–Crippen MR) is 81.1 cm³/mol. The summed E-state index contributed by atoms with van der Waals surface area (Å²) in [5.74, 6) is 0.464. The van der Waals surface area contributed by atoms with E-state index < -0.39 is 0 Å². The number of nitrogens with zero attached hydrogens (tertiary/aromatic N) is 5. The van der Waals surface area contributed by atoms with E-state index in [1.165, 1.54) is 0 Å². The smallest absolute Gasteiger partial charge is 0.155 e. The Kier molecular flexibility index (Phi) is 3.42. The van der Waals surface area contributed by atoms with Crippen molar-refractivity contribution in [3.8, 4) is 5.69 Å². The van der Waals surface area contributed by atoms with Crippen LogP contribution in [0.15, 0.2) is 65.1 Å². The molecule has 0 saturated carbocycles. The summed E-state index contributed by atoms with van der Waals surface area (Å²) >= 11 is 0. The molecule has 0 saturated heterocycles. The molecule has 21 heavy (non-hydrogen) atoms. The second-order valence-electron chi connectivity index (χ2n) is 4.48. The van der Waals surface area contributed by atoms with Crippen molar-refractivity contribution in [3.05, 3.63) is 60.6 Å². The predicted octanol–water partition coefficient (Wildman–Crippen LogP) is 3.57. The zero-order valence-corrected chi connectivity index (χ0v) is 11.5. The number of hydrogen-bond acceptors (Lipinski definition) is 5. The van der Waals surface area contributed by atoms with Crippen LogP contribution in [0.3, 0.4) is 0 Å². The third-order valence-corrected chi connectivity index (χ3v) is 2.98. The lowest BCUT2D eigenvalue weighted by atomic mass is 10.3. The van der Waals surface area contributed by atoms with Gasteiger partial charge in [0.25, 0.3) is 0 Å². The molecule has 0 spiro atoms. The standard InChI is InChI=1S/C15H14N6/c1-11-14(19-18-12-6-5-9-17-10-12)15(16)21(20-11)13-7-3-2-4-8-13/h2-10H,16H2,1H3. The largest absolute Gasteiger partial charge is 0.382 e. The Morgan fingerprint density at radius 3 is 2.57 bits per heavy atom. The average molecular weight is 278 g/mol. The normalized spacial score (nSPS) is 11.1. The zero-order chi connectivity index (χ0) is 14.7. The number of benzene rings is 1. The van der Waals surface area contributed by atoms with E-state index in [4.69, 9.17) is 5.73 Å². The number of azo groups is 1. The van der Waals surface area contributed by atoms with E-state index in [0.717, 1.165) is 11.4 Å². The summed E-state index contributed by atoms with van der Waals surface area (Å²) in [6, 6.07) is 13.3. The summed E-state index contributed by atoms with van der Waals surface area (Å²) in [7, 11) is 0. The highest BCUT2D eigenvalue weighted by Crippen LogP contribution is 2.30. The molecule has 0 bridgehead atoms. The fraction of sp³-hybridized carbons (Fsp3) is 0.0667. The van der Waals surface area contributed by atoms with Gasteiger partial charge in [-0.1, -0.05) is 18.2 Å². The zero-order valence-electron chi connectivity index (χ0n) is 11.5. The SMILES string of the molecule is Cc1nn(-c2ccccc2)c(N)c1N=Nc1cccnc1. The van der Waals surface area contributed by atoms with Crippen LogP contribution in [-0.2, 0) is 0 Å². The van der Waals surface area contributed by atoms with Crippen molar-refractivity contribution < 1.29 is 0 Å². The Morgan fingerprint density at radius 2 is 1.86 bits per heavy atom. The molecule has 0 aliphatic heterocycles. The van der Waals surface area contributed by atoms with Crippen LogP contribution in [0.5, 0.6) is 0 Å². The van der Waals surface area contributed by atoms with Gasteiger partial charge in [-0.25, -0.2) is 4.68 Å². The lowest BCUT2D eigenvalue weighted by molar-refractivity contribution is 0.872. The maximum atomic E-state index is 6.13. The van der Waals surface area contributed by atoms with Crippen LogP contribution in [0.1, 0.15) is 5.69 Å². The van der Waals surface area contributed by atoms with Gasteiger partial charge in [-0.2, -0.15) is 5.10 Å². The highest BCUT2D eigenvalue weighted by Gasteiger charge is 2.13. The fourth-order valence-electron chi connectivity index (χ4n) is 1.95. The minimum Gasteiger partial charge on any atom is -0.382 e.